The lowest BCUT2D eigenvalue weighted by atomic mass is 9.78. The van der Waals surface area contributed by atoms with Gasteiger partial charge in [0.1, 0.15) is 0 Å². The molecule has 2 atom stereocenters. The van der Waals surface area contributed by atoms with Gasteiger partial charge < -0.3 is 10.2 Å². The minimum absolute atomic E-state index is 0.789. The minimum Gasteiger partial charge on any atom is -0.312 e. The third-order valence-electron chi connectivity index (χ3n) is 5.39. The number of hydrogen-bond donors (Lipinski definition) is 1. The molecule has 19 heavy (non-hydrogen) atoms. The molecule has 112 valence electrons. The summed E-state index contributed by atoms with van der Waals surface area (Å²) >= 11 is 0. The van der Waals surface area contributed by atoms with Crippen molar-refractivity contribution in [3.8, 4) is 0 Å². The van der Waals surface area contributed by atoms with Crippen molar-refractivity contribution < 1.29 is 0 Å². The molecular formula is C17H34N2. The molecule has 2 nitrogen and oxygen atoms in total. The van der Waals surface area contributed by atoms with Crippen molar-refractivity contribution >= 4 is 0 Å². The molecule has 0 bridgehead atoms. The number of nitrogens with zero attached hydrogens (tertiary/aromatic N) is 1. The van der Waals surface area contributed by atoms with Gasteiger partial charge in [0.15, 0.2) is 0 Å². The molecule has 2 fully saturated rings. The summed E-state index contributed by atoms with van der Waals surface area (Å²) in [5.74, 6) is 2.71. The standard InChI is InChI=1S/C17H34N2/c1-14(2)16-6-4-5-7-17(16)18-10-13-19-11-8-15(3)9-12-19/h14-18H,4-13H2,1-3H3. The van der Waals surface area contributed by atoms with Crippen molar-refractivity contribution in [2.45, 2.75) is 65.3 Å². The highest BCUT2D eigenvalue weighted by Gasteiger charge is 2.27. The van der Waals surface area contributed by atoms with E-state index < -0.39 is 0 Å². The molecule has 1 saturated carbocycles. The molecule has 1 N–H and O–H groups in total. The normalized spacial score (nSPS) is 30.9. The van der Waals surface area contributed by atoms with Crippen LogP contribution in [0, 0.1) is 17.8 Å². The second-order valence-corrected chi connectivity index (χ2v) is 7.28. The first-order chi connectivity index (χ1) is 9.16. The molecule has 1 aliphatic heterocycles. The van der Waals surface area contributed by atoms with E-state index in [9.17, 15) is 0 Å². The Morgan fingerprint density at radius 2 is 1.74 bits per heavy atom. The Morgan fingerprint density at radius 3 is 2.42 bits per heavy atom. The van der Waals surface area contributed by atoms with Crippen molar-refractivity contribution in [1.29, 1.82) is 0 Å². The Balaban J connectivity index is 1.66. The Kier molecular flexibility index (Phi) is 6.15. The smallest absolute Gasteiger partial charge is 0.0107 e. The van der Waals surface area contributed by atoms with Crippen LogP contribution in [0.25, 0.3) is 0 Å². The third-order valence-corrected chi connectivity index (χ3v) is 5.39. The Bertz CT molecular complexity index is 244. The van der Waals surface area contributed by atoms with Crippen LogP contribution in [0.1, 0.15) is 59.3 Å². The highest BCUT2D eigenvalue weighted by Crippen LogP contribution is 2.30. The molecule has 0 radical (unpaired) electrons. The molecule has 2 rings (SSSR count). The SMILES string of the molecule is CC1CCN(CCNC2CCCCC2C(C)C)CC1. The molecule has 0 aromatic rings. The van der Waals surface area contributed by atoms with Gasteiger partial charge in [0.05, 0.1) is 0 Å². The van der Waals surface area contributed by atoms with Crippen molar-refractivity contribution in [2.75, 3.05) is 26.2 Å². The van der Waals surface area contributed by atoms with E-state index in [1.54, 1.807) is 0 Å². The molecule has 1 heterocycles. The highest BCUT2D eigenvalue weighted by atomic mass is 15.1. The molecular weight excluding hydrogens is 232 g/mol. The van der Waals surface area contributed by atoms with E-state index in [2.05, 4.69) is 31.0 Å². The average Bonchev–Trinajstić information content (AvgIpc) is 2.41. The second kappa shape index (κ2) is 7.64. The van der Waals surface area contributed by atoms with Gasteiger partial charge in [0.25, 0.3) is 0 Å². The van der Waals surface area contributed by atoms with Crippen LogP contribution in [0.2, 0.25) is 0 Å². The van der Waals surface area contributed by atoms with Crippen LogP contribution in [0.3, 0.4) is 0 Å². The number of piperidine rings is 1. The maximum absolute atomic E-state index is 3.87. The van der Waals surface area contributed by atoms with E-state index in [-0.39, 0.29) is 0 Å². The monoisotopic (exact) mass is 266 g/mol. The van der Waals surface area contributed by atoms with Gasteiger partial charge >= 0.3 is 0 Å². The van der Waals surface area contributed by atoms with Crippen LogP contribution in [0.5, 0.6) is 0 Å². The zero-order chi connectivity index (χ0) is 13.7. The fraction of sp³-hybridized carbons (Fsp3) is 1.00. The maximum Gasteiger partial charge on any atom is 0.0107 e. The molecule has 1 aliphatic carbocycles. The molecule has 2 aliphatic rings. The van der Waals surface area contributed by atoms with Gasteiger partial charge in [-0.1, -0.05) is 33.6 Å². The third kappa shape index (κ3) is 4.75. The zero-order valence-corrected chi connectivity index (χ0v) is 13.3. The molecule has 0 aromatic carbocycles. The van der Waals surface area contributed by atoms with Gasteiger partial charge in [-0.15, -0.1) is 0 Å². The summed E-state index contributed by atoms with van der Waals surface area (Å²) in [5, 5.41) is 3.87. The summed E-state index contributed by atoms with van der Waals surface area (Å²) in [5.41, 5.74) is 0. The predicted molar refractivity (Wildman–Crippen MR) is 83.4 cm³/mol. The second-order valence-electron chi connectivity index (χ2n) is 7.28. The maximum atomic E-state index is 3.87. The Hall–Kier alpha value is -0.0800. The van der Waals surface area contributed by atoms with E-state index in [0.717, 1.165) is 23.8 Å². The topological polar surface area (TPSA) is 15.3 Å². The summed E-state index contributed by atoms with van der Waals surface area (Å²) in [6.07, 6.45) is 8.53. The first-order valence-corrected chi connectivity index (χ1v) is 8.62. The Morgan fingerprint density at radius 1 is 1.05 bits per heavy atom. The fourth-order valence-electron chi connectivity index (χ4n) is 3.90. The van der Waals surface area contributed by atoms with Gasteiger partial charge in [-0.3, -0.25) is 0 Å². The van der Waals surface area contributed by atoms with E-state index >= 15 is 0 Å². The summed E-state index contributed by atoms with van der Waals surface area (Å²) < 4.78 is 0. The van der Waals surface area contributed by atoms with E-state index in [1.807, 2.05) is 0 Å². The van der Waals surface area contributed by atoms with Gasteiger partial charge in [-0.25, -0.2) is 0 Å². The number of hydrogen-bond acceptors (Lipinski definition) is 2. The van der Waals surface area contributed by atoms with Crippen molar-refractivity contribution in [3.05, 3.63) is 0 Å². The Labute approximate surface area is 120 Å². The van der Waals surface area contributed by atoms with Crippen LogP contribution in [0.4, 0.5) is 0 Å². The fourth-order valence-corrected chi connectivity index (χ4v) is 3.90. The molecule has 0 spiro atoms. The zero-order valence-electron chi connectivity index (χ0n) is 13.3. The summed E-state index contributed by atoms with van der Waals surface area (Å²) in [6, 6.07) is 0.789. The molecule has 0 aromatic heterocycles. The van der Waals surface area contributed by atoms with Crippen molar-refractivity contribution in [2.24, 2.45) is 17.8 Å². The van der Waals surface area contributed by atoms with Crippen LogP contribution in [-0.4, -0.2) is 37.1 Å². The minimum atomic E-state index is 0.789. The lowest BCUT2D eigenvalue weighted by Crippen LogP contribution is -2.45. The van der Waals surface area contributed by atoms with Crippen LogP contribution in [-0.2, 0) is 0 Å². The van der Waals surface area contributed by atoms with E-state index in [4.69, 9.17) is 0 Å². The first kappa shape index (κ1) is 15.3. The van der Waals surface area contributed by atoms with Crippen LogP contribution in [0.15, 0.2) is 0 Å². The van der Waals surface area contributed by atoms with E-state index in [0.29, 0.717) is 0 Å². The van der Waals surface area contributed by atoms with Gasteiger partial charge in [-0.05, 0) is 56.5 Å². The van der Waals surface area contributed by atoms with Crippen LogP contribution >= 0.6 is 0 Å². The van der Waals surface area contributed by atoms with Crippen molar-refractivity contribution in [1.82, 2.24) is 10.2 Å². The summed E-state index contributed by atoms with van der Waals surface area (Å²) in [4.78, 5) is 2.65. The predicted octanol–water partition coefficient (Wildman–Crippen LogP) is 3.52. The number of rotatable bonds is 5. The van der Waals surface area contributed by atoms with Gasteiger partial charge in [-0.2, -0.15) is 0 Å². The highest BCUT2D eigenvalue weighted by molar-refractivity contribution is 4.83. The summed E-state index contributed by atoms with van der Waals surface area (Å²) in [7, 11) is 0. The van der Waals surface area contributed by atoms with Crippen LogP contribution < -0.4 is 5.32 Å². The number of nitrogens with one attached hydrogen (secondary N) is 1. The molecule has 2 unspecified atom stereocenters. The lowest BCUT2D eigenvalue weighted by Gasteiger charge is -2.36. The van der Waals surface area contributed by atoms with Gasteiger partial charge in [0.2, 0.25) is 0 Å². The van der Waals surface area contributed by atoms with E-state index in [1.165, 1.54) is 64.7 Å². The molecule has 2 heteroatoms. The lowest BCUT2D eigenvalue weighted by molar-refractivity contribution is 0.172. The molecule has 0 amide bonds. The quantitative estimate of drug-likeness (QED) is 0.819. The number of likely N-dealkylation sites (tertiary alicyclic amines) is 1. The van der Waals surface area contributed by atoms with Gasteiger partial charge in [0, 0.05) is 19.1 Å². The molecule has 1 saturated heterocycles. The largest absolute Gasteiger partial charge is 0.312 e. The first-order valence-electron chi connectivity index (χ1n) is 8.62. The average molecular weight is 266 g/mol. The summed E-state index contributed by atoms with van der Waals surface area (Å²) in [6.45, 7) is 12.3. The van der Waals surface area contributed by atoms with Crippen molar-refractivity contribution in [3.63, 3.8) is 0 Å².